The molecule has 0 saturated heterocycles. The molecule has 0 spiro atoms. The quantitative estimate of drug-likeness (QED) is 0.466. The smallest absolute Gasteiger partial charge is 0.263 e. The van der Waals surface area contributed by atoms with E-state index in [1.54, 1.807) is 34.9 Å². The standard InChI is InChI=1S/C24H22ClFN4O2/c1-14-16(3)30(18-7-4-6-17(26)12-18)23-22(14)24(32)29(13-27-23)11-10-21(31)28-20-9-5-8-19(25)15(20)2/h4-9,12-13H,10-11H2,1-3H3,(H,28,31). The van der Waals surface area contributed by atoms with Crippen molar-refractivity contribution < 1.29 is 9.18 Å². The number of halogens is 2. The summed E-state index contributed by atoms with van der Waals surface area (Å²) in [7, 11) is 0. The van der Waals surface area contributed by atoms with Crippen molar-refractivity contribution in [2.75, 3.05) is 5.32 Å². The maximum absolute atomic E-state index is 13.8. The van der Waals surface area contributed by atoms with Crippen LogP contribution in [0.3, 0.4) is 0 Å². The second-order valence-electron chi connectivity index (χ2n) is 7.68. The van der Waals surface area contributed by atoms with Crippen LogP contribution in [0.4, 0.5) is 10.1 Å². The van der Waals surface area contributed by atoms with Gasteiger partial charge in [0.05, 0.1) is 17.4 Å². The number of fused-ring (bicyclic) bond motifs is 1. The highest BCUT2D eigenvalue weighted by Crippen LogP contribution is 2.25. The van der Waals surface area contributed by atoms with Gasteiger partial charge in [-0.2, -0.15) is 0 Å². The molecule has 4 rings (SSSR count). The van der Waals surface area contributed by atoms with Gasteiger partial charge in [-0.15, -0.1) is 0 Å². The molecule has 4 aromatic rings. The van der Waals surface area contributed by atoms with Crippen molar-refractivity contribution >= 4 is 34.2 Å². The number of nitrogens with one attached hydrogen (secondary N) is 1. The molecule has 0 saturated carbocycles. The van der Waals surface area contributed by atoms with E-state index in [0.29, 0.717) is 27.4 Å². The lowest BCUT2D eigenvalue weighted by Gasteiger charge is -2.11. The molecule has 0 aliphatic rings. The summed E-state index contributed by atoms with van der Waals surface area (Å²) in [6.45, 7) is 5.72. The SMILES string of the molecule is Cc1c(Cl)cccc1NC(=O)CCn1cnc2c(c(C)c(C)n2-c2cccc(F)c2)c1=O. The first-order valence-corrected chi connectivity index (χ1v) is 10.5. The molecule has 32 heavy (non-hydrogen) atoms. The average Bonchev–Trinajstić information content (AvgIpc) is 3.02. The Kier molecular flexibility index (Phi) is 5.84. The molecule has 0 fully saturated rings. The summed E-state index contributed by atoms with van der Waals surface area (Å²) in [6, 6.07) is 11.5. The summed E-state index contributed by atoms with van der Waals surface area (Å²) < 4.78 is 17.0. The van der Waals surface area contributed by atoms with E-state index in [1.165, 1.54) is 23.0 Å². The van der Waals surface area contributed by atoms with Gasteiger partial charge in [-0.05, 0) is 62.2 Å². The third kappa shape index (κ3) is 3.91. The predicted molar refractivity (Wildman–Crippen MR) is 124 cm³/mol. The van der Waals surface area contributed by atoms with E-state index in [1.807, 2.05) is 20.8 Å². The van der Waals surface area contributed by atoms with Crippen LogP contribution in [0.25, 0.3) is 16.7 Å². The fourth-order valence-electron chi connectivity index (χ4n) is 3.75. The number of benzene rings is 2. The van der Waals surface area contributed by atoms with Crippen LogP contribution < -0.4 is 10.9 Å². The lowest BCUT2D eigenvalue weighted by atomic mass is 10.2. The van der Waals surface area contributed by atoms with Crippen LogP contribution in [0.2, 0.25) is 5.02 Å². The Morgan fingerprint density at radius 1 is 1.12 bits per heavy atom. The highest BCUT2D eigenvalue weighted by atomic mass is 35.5. The first-order chi connectivity index (χ1) is 15.3. The summed E-state index contributed by atoms with van der Waals surface area (Å²) in [5, 5.41) is 3.86. The van der Waals surface area contributed by atoms with Gasteiger partial charge >= 0.3 is 0 Å². The molecule has 2 aromatic carbocycles. The highest BCUT2D eigenvalue weighted by Gasteiger charge is 2.18. The summed E-state index contributed by atoms with van der Waals surface area (Å²) in [4.78, 5) is 30.1. The number of carbonyl (C=O) groups excluding carboxylic acids is 1. The second kappa shape index (κ2) is 8.59. The molecule has 1 amide bonds. The predicted octanol–water partition coefficient (Wildman–Crippen LogP) is 4.93. The molecule has 2 aromatic heterocycles. The van der Waals surface area contributed by atoms with E-state index in [-0.39, 0.29) is 30.2 Å². The molecular formula is C24H22ClFN4O2. The third-order valence-electron chi connectivity index (χ3n) is 5.67. The maximum Gasteiger partial charge on any atom is 0.263 e. The molecule has 164 valence electrons. The fraction of sp³-hybridized carbons (Fsp3) is 0.208. The van der Waals surface area contributed by atoms with Crippen molar-refractivity contribution in [3.8, 4) is 5.69 Å². The zero-order chi connectivity index (χ0) is 23.0. The van der Waals surface area contributed by atoms with Gasteiger partial charge in [0.2, 0.25) is 5.91 Å². The number of anilines is 1. The summed E-state index contributed by atoms with van der Waals surface area (Å²) >= 11 is 6.10. The number of hydrogen-bond donors (Lipinski definition) is 1. The van der Waals surface area contributed by atoms with Crippen molar-refractivity contribution in [1.29, 1.82) is 0 Å². The zero-order valence-corrected chi connectivity index (χ0v) is 18.7. The molecule has 1 N–H and O–H groups in total. The lowest BCUT2D eigenvalue weighted by molar-refractivity contribution is -0.116. The Bertz CT molecular complexity index is 1410. The van der Waals surface area contributed by atoms with E-state index < -0.39 is 0 Å². The molecule has 2 heterocycles. The minimum Gasteiger partial charge on any atom is -0.326 e. The average molecular weight is 453 g/mol. The first kappa shape index (κ1) is 21.8. The van der Waals surface area contributed by atoms with Crippen molar-refractivity contribution in [2.24, 2.45) is 0 Å². The van der Waals surface area contributed by atoms with E-state index in [0.717, 1.165) is 16.8 Å². The van der Waals surface area contributed by atoms with Crippen molar-refractivity contribution in [1.82, 2.24) is 14.1 Å². The number of aromatic nitrogens is 3. The Labute approximate surface area is 189 Å². The molecule has 0 aliphatic heterocycles. The highest BCUT2D eigenvalue weighted by molar-refractivity contribution is 6.31. The maximum atomic E-state index is 13.8. The van der Waals surface area contributed by atoms with Crippen LogP contribution in [0.15, 0.2) is 53.6 Å². The van der Waals surface area contributed by atoms with Crippen molar-refractivity contribution in [2.45, 2.75) is 33.7 Å². The molecule has 8 heteroatoms. The van der Waals surface area contributed by atoms with Crippen molar-refractivity contribution in [3.63, 3.8) is 0 Å². The van der Waals surface area contributed by atoms with Gasteiger partial charge in [-0.3, -0.25) is 18.7 Å². The van der Waals surface area contributed by atoms with Crippen LogP contribution >= 0.6 is 11.6 Å². The number of aryl methyl sites for hydroxylation is 2. The number of nitrogens with zero attached hydrogens (tertiary/aromatic N) is 3. The van der Waals surface area contributed by atoms with E-state index in [9.17, 15) is 14.0 Å². The summed E-state index contributed by atoms with van der Waals surface area (Å²) in [5.74, 6) is -0.594. The topological polar surface area (TPSA) is 68.9 Å². The number of amides is 1. The largest absolute Gasteiger partial charge is 0.326 e. The number of hydrogen-bond acceptors (Lipinski definition) is 3. The van der Waals surface area contributed by atoms with E-state index >= 15 is 0 Å². The van der Waals surface area contributed by atoms with E-state index in [2.05, 4.69) is 10.3 Å². The van der Waals surface area contributed by atoms with Gasteiger partial charge < -0.3 is 5.32 Å². The minimum absolute atomic E-state index is 0.0989. The minimum atomic E-state index is -0.365. The zero-order valence-electron chi connectivity index (χ0n) is 17.9. The van der Waals surface area contributed by atoms with Crippen LogP contribution in [0.1, 0.15) is 23.2 Å². The Morgan fingerprint density at radius 2 is 1.88 bits per heavy atom. The first-order valence-electron chi connectivity index (χ1n) is 10.2. The van der Waals surface area contributed by atoms with Gasteiger partial charge in [0.25, 0.3) is 5.56 Å². The summed E-state index contributed by atoms with van der Waals surface area (Å²) in [5.41, 5.74) is 3.83. The van der Waals surface area contributed by atoms with Gasteiger partial charge in [0, 0.05) is 29.4 Å². The Hall–Kier alpha value is -3.45. The molecular weight excluding hydrogens is 431 g/mol. The fourth-order valence-corrected chi connectivity index (χ4v) is 3.93. The number of rotatable bonds is 5. The van der Waals surface area contributed by atoms with Gasteiger partial charge in [-0.25, -0.2) is 9.37 Å². The van der Waals surface area contributed by atoms with Crippen molar-refractivity contribution in [3.05, 3.63) is 86.8 Å². The second-order valence-corrected chi connectivity index (χ2v) is 8.09. The molecule has 0 bridgehead atoms. The Morgan fingerprint density at radius 3 is 2.62 bits per heavy atom. The normalized spacial score (nSPS) is 11.2. The van der Waals surface area contributed by atoms with Crippen LogP contribution in [0.5, 0.6) is 0 Å². The molecule has 0 atom stereocenters. The number of carbonyl (C=O) groups is 1. The van der Waals surface area contributed by atoms with Gasteiger partial charge in [-0.1, -0.05) is 23.7 Å². The van der Waals surface area contributed by atoms with Crippen LogP contribution in [-0.4, -0.2) is 20.0 Å². The van der Waals surface area contributed by atoms with Gasteiger partial charge in [0.1, 0.15) is 5.82 Å². The molecule has 6 nitrogen and oxygen atoms in total. The van der Waals surface area contributed by atoms with Crippen LogP contribution in [0, 0.1) is 26.6 Å². The third-order valence-corrected chi connectivity index (χ3v) is 6.08. The van der Waals surface area contributed by atoms with Crippen LogP contribution in [-0.2, 0) is 11.3 Å². The summed E-state index contributed by atoms with van der Waals surface area (Å²) in [6.07, 6.45) is 1.53. The molecule has 0 unspecified atom stereocenters. The van der Waals surface area contributed by atoms with Gasteiger partial charge in [0.15, 0.2) is 5.65 Å². The van der Waals surface area contributed by atoms with E-state index in [4.69, 9.17) is 11.6 Å². The Balaban J connectivity index is 1.62. The lowest BCUT2D eigenvalue weighted by Crippen LogP contribution is -2.24. The molecule has 0 aliphatic carbocycles. The monoisotopic (exact) mass is 452 g/mol. The molecule has 0 radical (unpaired) electrons.